The Bertz CT molecular complexity index is 445. The Hall–Kier alpha value is -1.62. The highest BCUT2D eigenvalue weighted by Gasteiger charge is 2.14. The average Bonchev–Trinajstić information content (AvgIpc) is 2.92. The van der Waals surface area contributed by atoms with Gasteiger partial charge in [0.2, 0.25) is 0 Å². The lowest BCUT2D eigenvalue weighted by molar-refractivity contribution is 0.0952. The third kappa shape index (κ3) is 3.67. The Balaban J connectivity index is 1.85. The van der Waals surface area contributed by atoms with Gasteiger partial charge in [-0.25, -0.2) is 4.39 Å². The molecule has 0 aromatic heterocycles. The Labute approximate surface area is 112 Å². The van der Waals surface area contributed by atoms with Crippen LogP contribution in [0.5, 0.6) is 5.75 Å². The molecule has 0 saturated carbocycles. The number of ether oxygens (including phenoxy) is 1. The van der Waals surface area contributed by atoms with E-state index < -0.39 is 5.82 Å². The maximum absolute atomic E-state index is 13.2. The zero-order valence-electron chi connectivity index (χ0n) is 11.0. The van der Waals surface area contributed by atoms with E-state index in [2.05, 4.69) is 10.6 Å². The van der Waals surface area contributed by atoms with Crippen molar-refractivity contribution in [2.24, 2.45) is 0 Å². The fourth-order valence-corrected chi connectivity index (χ4v) is 2.27. The molecular weight excluding hydrogens is 247 g/mol. The van der Waals surface area contributed by atoms with Crippen molar-refractivity contribution < 1.29 is 13.9 Å². The first-order valence-electron chi connectivity index (χ1n) is 6.56. The molecule has 0 aliphatic carbocycles. The molecule has 1 saturated heterocycles. The van der Waals surface area contributed by atoms with Gasteiger partial charge in [-0.3, -0.25) is 4.79 Å². The molecule has 1 fully saturated rings. The fraction of sp³-hybridized carbons (Fsp3) is 0.500. The smallest absolute Gasteiger partial charge is 0.251 e. The third-order valence-electron chi connectivity index (χ3n) is 3.35. The van der Waals surface area contributed by atoms with Crippen molar-refractivity contribution in [1.29, 1.82) is 0 Å². The van der Waals surface area contributed by atoms with Gasteiger partial charge in [-0.05, 0) is 44.0 Å². The summed E-state index contributed by atoms with van der Waals surface area (Å²) in [6, 6.07) is 4.62. The van der Waals surface area contributed by atoms with E-state index in [1.807, 2.05) is 0 Å². The van der Waals surface area contributed by atoms with E-state index in [9.17, 15) is 9.18 Å². The summed E-state index contributed by atoms with van der Waals surface area (Å²) in [5.74, 6) is -0.574. The van der Waals surface area contributed by atoms with Gasteiger partial charge in [0, 0.05) is 18.2 Å². The lowest BCUT2D eigenvalue weighted by Crippen LogP contribution is -2.30. The van der Waals surface area contributed by atoms with Crippen molar-refractivity contribution in [3.05, 3.63) is 29.6 Å². The van der Waals surface area contributed by atoms with Crippen LogP contribution in [0.25, 0.3) is 0 Å². The second-order valence-corrected chi connectivity index (χ2v) is 4.69. The predicted octanol–water partition coefficient (Wildman–Crippen LogP) is 1.71. The van der Waals surface area contributed by atoms with Crippen LogP contribution >= 0.6 is 0 Å². The van der Waals surface area contributed by atoms with Crippen LogP contribution in [0.2, 0.25) is 0 Å². The van der Waals surface area contributed by atoms with Crippen molar-refractivity contribution >= 4 is 5.91 Å². The van der Waals surface area contributed by atoms with Gasteiger partial charge in [-0.2, -0.15) is 0 Å². The van der Waals surface area contributed by atoms with Crippen LogP contribution < -0.4 is 15.4 Å². The molecule has 1 aromatic carbocycles. The number of carbonyl (C=O) groups is 1. The summed E-state index contributed by atoms with van der Waals surface area (Å²) in [5, 5.41) is 6.21. The van der Waals surface area contributed by atoms with Crippen LogP contribution in [0.1, 0.15) is 29.6 Å². The minimum atomic E-state index is -0.464. The molecule has 1 aliphatic rings. The quantitative estimate of drug-likeness (QED) is 0.853. The standard InChI is InChI=1S/C14H19FN2O2/c1-19-13-9-10(4-5-12(13)15)14(18)17-8-6-11-3-2-7-16-11/h4-5,9,11,16H,2-3,6-8H2,1H3,(H,17,18). The second-order valence-electron chi connectivity index (χ2n) is 4.69. The average molecular weight is 266 g/mol. The first kappa shape index (κ1) is 13.8. The molecule has 2 rings (SSSR count). The molecule has 1 amide bonds. The molecule has 104 valence electrons. The minimum Gasteiger partial charge on any atom is -0.494 e. The number of benzene rings is 1. The highest BCUT2D eigenvalue weighted by Crippen LogP contribution is 2.18. The number of hydrogen-bond acceptors (Lipinski definition) is 3. The van der Waals surface area contributed by atoms with Crippen molar-refractivity contribution in [1.82, 2.24) is 10.6 Å². The summed E-state index contributed by atoms with van der Waals surface area (Å²) >= 11 is 0. The first-order chi connectivity index (χ1) is 9.20. The van der Waals surface area contributed by atoms with Gasteiger partial charge in [0.25, 0.3) is 5.91 Å². The molecular formula is C14H19FN2O2. The Morgan fingerprint density at radius 2 is 2.42 bits per heavy atom. The zero-order valence-corrected chi connectivity index (χ0v) is 11.0. The van der Waals surface area contributed by atoms with Crippen LogP contribution in [0.15, 0.2) is 18.2 Å². The van der Waals surface area contributed by atoms with Crippen LogP contribution in [0.4, 0.5) is 4.39 Å². The number of amides is 1. The van der Waals surface area contributed by atoms with E-state index in [4.69, 9.17) is 4.74 Å². The van der Waals surface area contributed by atoms with E-state index in [0.29, 0.717) is 18.2 Å². The lowest BCUT2D eigenvalue weighted by atomic mass is 10.1. The van der Waals surface area contributed by atoms with Crippen LogP contribution in [-0.2, 0) is 0 Å². The number of methoxy groups -OCH3 is 1. The maximum atomic E-state index is 13.2. The molecule has 1 aromatic rings. The van der Waals surface area contributed by atoms with E-state index in [1.54, 1.807) is 0 Å². The molecule has 1 unspecified atom stereocenters. The number of hydrogen-bond donors (Lipinski definition) is 2. The lowest BCUT2D eigenvalue weighted by Gasteiger charge is -2.11. The van der Waals surface area contributed by atoms with Gasteiger partial charge in [0.05, 0.1) is 7.11 Å². The molecule has 2 N–H and O–H groups in total. The highest BCUT2D eigenvalue weighted by molar-refractivity contribution is 5.94. The van der Waals surface area contributed by atoms with E-state index in [0.717, 1.165) is 13.0 Å². The van der Waals surface area contributed by atoms with Crippen molar-refractivity contribution in [3.8, 4) is 5.75 Å². The van der Waals surface area contributed by atoms with Crippen LogP contribution in [0, 0.1) is 5.82 Å². The van der Waals surface area contributed by atoms with Gasteiger partial charge in [0.15, 0.2) is 11.6 Å². The normalized spacial score (nSPS) is 18.3. The van der Waals surface area contributed by atoms with E-state index in [1.165, 1.54) is 38.2 Å². The maximum Gasteiger partial charge on any atom is 0.251 e. The molecule has 0 radical (unpaired) electrons. The monoisotopic (exact) mass is 266 g/mol. The second kappa shape index (κ2) is 6.52. The van der Waals surface area contributed by atoms with Crippen molar-refractivity contribution in [2.45, 2.75) is 25.3 Å². The zero-order chi connectivity index (χ0) is 13.7. The van der Waals surface area contributed by atoms with Gasteiger partial charge < -0.3 is 15.4 Å². The molecule has 0 spiro atoms. The summed E-state index contributed by atoms with van der Waals surface area (Å²) in [7, 11) is 1.38. The Morgan fingerprint density at radius 3 is 3.11 bits per heavy atom. The van der Waals surface area contributed by atoms with Crippen molar-refractivity contribution in [2.75, 3.05) is 20.2 Å². The van der Waals surface area contributed by atoms with Gasteiger partial charge in [-0.15, -0.1) is 0 Å². The Morgan fingerprint density at radius 1 is 1.58 bits per heavy atom. The molecule has 19 heavy (non-hydrogen) atoms. The van der Waals surface area contributed by atoms with Gasteiger partial charge in [-0.1, -0.05) is 0 Å². The number of carbonyl (C=O) groups excluding carboxylic acids is 1. The molecule has 4 nitrogen and oxygen atoms in total. The number of nitrogens with one attached hydrogen (secondary N) is 2. The molecule has 0 bridgehead atoms. The van der Waals surface area contributed by atoms with Crippen LogP contribution in [0.3, 0.4) is 0 Å². The molecule has 1 aliphatic heterocycles. The van der Waals surface area contributed by atoms with Gasteiger partial charge >= 0.3 is 0 Å². The van der Waals surface area contributed by atoms with Gasteiger partial charge in [0.1, 0.15) is 0 Å². The minimum absolute atomic E-state index is 0.0881. The predicted molar refractivity (Wildman–Crippen MR) is 70.9 cm³/mol. The first-order valence-corrected chi connectivity index (χ1v) is 6.56. The number of rotatable bonds is 5. The highest BCUT2D eigenvalue weighted by atomic mass is 19.1. The summed E-state index contributed by atoms with van der Waals surface area (Å²) in [6.45, 7) is 1.68. The molecule has 5 heteroatoms. The third-order valence-corrected chi connectivity index (χ3v) is 3.35. The van der Waals surface area contributed by atoms with E-state index in [-0.39, 0.29) is 11.7 Å². The summed E-state index contributed by atoms with van der Waals surface area (Å²) in [4.78, 5) is 11.9. The molecule has 1 heterocycles. The summed E-state index contributed by atoms with van der Waals surface area (Å²) < 4.78 is 18.1. The fourth-order valence-electron chi connectivity index (χ4n) is 2.27. The summed E-state index contributed by atoms with van der Waals surface area (Å²) in [6.07, 6.45) is 3.29. The topological polar surface area (TPSA) is 50.4 Å². The largest absolute Gasteiger partial charge is 0.494 e. The number of halogens is 1. The SMILES string of the molecule is COc1cc(C(=O)NCCC2CCCN2)ccc1F. The van der Waals surface area contributed by atoms with E-state index >= 15 is 0 Å². The van der Waals surface area contributed by atoms with Crippen LogP contribution in [-0.4, -0.2) is 32.1 Å². The van der Waals surface area contributed by atoms with Crippen molar-refractivity contribution in [3.63, 3.8) is 0 Å². The Kier molecular flexibility index (Phi) is 4.74. The molecule has 1 atom stereocenters. The summed E-state index contributed by atoms with van der Waals surface area (Å²) in [5.41, 5.74) is 0.414.